The van der Waals surface area contributed by atoms with Gasteiger partial charge in [-0.05, 0) is 37.0 Å². The first-order valence-electron chi connectivity index (χ1n) is 7.50. The van der Waals surface area contributed by atoms with E-state index in [1.807, 2.05) is 36.0 Å². The average molecular weight is 325 g/mol. The number of guanidine groups is 1. The van der Waals surface area contributed by atoms with Gasteiger partial charge in [-0.2, -0.15) is 11.8 Å². The van der Waals surface area contributed by atoms with E-state index in [0.29, 0.717) is 13.2 Å². The molecule has 2 N–H and O–H groups in total. The summed E-state index contributed by atoms with van der Waals surface area (Å²) in [5, 5.41) is 6.54. The second kappa shape index (κ2) is 12.0. The quantitative estimate of drug-likeness (QED) is 0.393. The van der Waals surface area contributed by atoms with Crippen molar-refractivity contribution < 1.29 is 9.47 Å². The Bertz CT molecular complexity index is 441. The predicted molar refractivity (Wildman–Crippen MR) is 95.5 cm³/mol. The third-order valence-electron chi connectivity index (χ3n) is 3.00. The van der Waals surface area contributed by atoms with Gasteiger partial charge in [0.25, 0.3) is 0 Å². The fourth-order valence-electron chi connectivity index (χ4n) is 1.83. The lowest BCUT2D eigenvalue weighted by atomic mass is 10.3. The summed E-state index contributed by atoms with van der Waals surface area (Å²) in [6.45, 7) is 2.21. The second-order valence-corrected chi connectivity index (χ2v) is 5.64. The van der Waals surface area contributed by atoms with Crippen LogP contribution < -0.4 is 20.1 Å². The maximum absolute atomic E-state index is 5.67. The van der Waals surface area contributed by atoms with Crippen LogP contribution >= 0.6 is 11.8 Å². The van der Waals surface area contributed by atoms with Gasteiger partial charge in [0.05, 0.1) is 13.7 Å². The van der Waals surface area contributed by atoms with Crippen molar-refractivity contribution in [2.24, 2.45) is 4.99 Å². The van der Waals surface area contributed by atoms with Gasteiger partial charge in [0.1, 0.15) is 18.1 Å². The zero-order valence-electron chi connectivity index (χ0n) is 13.7. The van der Waals surface area contributed by atoms with Crippen molar-refractivity contribution in [3.8, 4) is 11.5 Å². The fraction of sp³-hybridized carbons (Fsp3) is 0.562. The Labute approximate surface area is 137 Å². The molecule has 6 heteroatoms. The maximum atomic E-state index is 5.67. The lowest BCUT2D eigenvalue weighted by Gasteiger charge is -2.12. The van der Waals surface area contributed by atoms with Crippen molar-refractivity contribution in [3.63, 3.8) is 0 Å². The van der Waals surface area contributed by atoms with Gasteiger partial charge in [0.2, 0.25) is 0 Å². The normalized spacial score (nSPS) is 11.1. The molecule has 124 valence electrons. The zero-order chi connectivity index (χ0) is 16.0. The van der Waals surface area contributed by atoms with Crippen LogP contribution in [0.4, 0.5) is 0 Å². The predicted octanol–water partition coefficient (Wildman–Crippen LogP) is 2.38. The number of hydrogen-bond acceptors (Lipinski definition) is 4. The van der Waals surface area contributed by atoms with Gasteiger partial charge in [0.15, 0.2) is 5.96 Å². The minimum atomic E-state index is 0.570. The van der Waals surface area contributed by atoms with Crippen LogP contribution in [0.2, 0.25) is 0 Å². The number of aliphatic imine (C=N–C) groups is 1. The molecule has 0 atom stereocenters. The molecule has 1 aromatic carbocycles. The van der Waals surface area contributed by atoms with E-state index in [4.69, 9.17) is 9.47 Å². The summed E-state index contributed by atoms with van der Waals surface area (Å²) in [5.74, 6) is 3.63. The Morgan fingerprint density at radius 2 is 1.95 bits per heavy atom. The van der Waals surface area contributed by atoms with Crippen LogP contribution in [0, 0.1) is 0 Å². The molecule has 0 radical (unpaired) electrons. The second-order valence-electron chi connectivity index (χ2n) is 4.65. The first-order valence-corrected chi connectivity index (χ1v) is 8.90. The lowest BCUT2D eigenvalue weighted by molar-refractivity contribution is 0.319. The molecule has 1 rings (SSSR count). The number of rotatable bonds is 10. The van der Waals surface area contributed by atoms with E-state index in [1.165, 1.54) is 12.2 Å². The number of benzene rings is 1. The molecule has 0 saturated heterocycles. The molecular weight excluding hydrogens is 298 g/mol. The number of methoxy groups -OCH3 is 1. The van der Waals surface area contributed by atoms with Crippen LogP contribution in [0.15, 0.2) is 29.3 Å². The molecule has 0 aliphatic heterocycles. The highest BCUT2D eigenvalue weighted by atomic mass is 32.2. The smallest absolute Gasteiger partial charge is 0.191 e. The largest absolute Gasteiger partial charge is 0.497 e. The van der Waals surface area contributed by atoms with Gasteiger partial charge >= 0.3 is 0 Å². The molecule has 0 saturated carbocycles. The number of thioether (sulfide) groups is 1. The molecule has 0 bridgehead atoms. The number of nitrogens with zero attached hydrogens (tertiary/aromatic N) is 1. The SMILES string of the molecule is CN=C(NCCCCSC)NCCOc1cccc(OC)c1. The first kappa shape index (κ1) is 18.5. The molecule has 1 aromatic rings. The van der Waals surface area contributed by atoms with Crippen LogP contribution in [0.5, 0.6) is 11.5 Å². The van der Waals surface area contributed by atoms with Crippen LogP contribution in [-0.4, -0.2) is 51.8 Å². The van der Waals surface area contributed by atoms with Crippen LogP contribution in [0.3, 0.4) is 0 Å². The van der Waals surface area contributed by atoms with Crippen LogP contribution in [0.25, 0.3) is 0 Å². The molecule has 0 spiro atoms. The van der Waals surface area contributed by atoms with Gasteiger partial charge < -0.3 is 20.1 Å². The summed E-state index contributed by atoms with van der Waals surface area (Å²) in [4.78, 5) is 4.19. The molecule has 22 heavy (non-hydrogen) atoms. The lowest BCUT2D eigenvalue weighted by Crippen LogP contribution is -2.39. The number of nitrogens with one attached hydrogen (secondary N) is 2. The Balaban J connectivity index is 2.16. The molecule has 0 unspecified atom stereocenters. The van der Waals surface area contributed by atoms with E-state index in [9.17, 15) is 0 Å². The van der Waals surface area contributed by atoms with E-state index in [-0.39, 0.29) is 0 Å². The van der Waals surface area contributed by atoms with E-state index >= 15 is 0 Å². The summed E-state index contributed by atoms with van der Waals surface area (Å²) in [6.07, 6.45) is 4.52. The topological polar surface area (TPSA) is 54.9 Å². The molecule has 0 aromatic heterocycles. The van der Waals surface area contributed by atoms with Crippen molar-refractivity contribution in [2.45, 2.75) is 12.8 Å². The molecule has 0 fully saturated rings. The average Bonchev–Trinajstić information content (AvgIpc) is 2.56. The Morgan fingerprint density at radius 1 is 1.18 bits per heavy atom. The molecule has 0 aliphatic carbocycles. The zero-order valence-corrected chi connectivity index (χ0v) is 14.5. The third kappa shape index (κ3) is 8.02. The summed E-state index contributed by atoms with van der Waals surface area (Å²) < 4.78 is 10.8. The van der Waals surface area contributed by atoms with Crippen molar-refractivity contribution in [1.29, 1.82) is 0 Å². The van der Waals surface area contributed by atoms with Gasteiger partial charge in [-0.3, -0.25) is 4.99 Å². The van der Waals surface area contributed by atoms with Gasteiger partial charge in [-0.25, -0.2) is 0 Å². The van der Waals surface area contributed by atoms with Crippen molar-refractivity contribution >= 4 is 17.7 Å². The Kier molecular flexibility index (Phi) is 10.1. The van der Waals surface area contributed by atoms with Crippen LogP contribution in [0.1, 0.15) is 12.8 Å². The standard InChI is InChI=1S/C16H27N3O2S/c1-17-16(18-9-4-5-12-22-3)19-10-11-21-15-8-6-7-14(13-15)20-2/h6-8,13H,4-5,9-12H2,1-3H3,(H2,17,18,19). The molecule has 5 nitrogen and oxygen atoms in total. The summed E-state index contributed by atoms with van der Waals surface area (Å²) in [5.41, 5.74) is 0. The van der Waals surface area contributed by atoms with E-state index in [2.05, 4.69) is 21.9 Å². The number of hydrogen-bond donors (Lipinski definition) is 2. The molecule has 0 amide bonds. The van der Waals surface area contributed by atoms with Crippen molar-refractivity contribution in [2.75, 3.05) is 45.9 Å². The molecule has 0 heterocycles. The van der Waals surface area contributed by atoms with Gasteiger partial charge in [-0.1, -0.05) is 6.07 Å². The fourth-order valence-corrected chi connectivity index (χ4v) is 2.32. The minimum Gasteiger partial charge on any atom is -0.497 e. The highest BCUT2D eigenvalue weighted by Gasteiger charge is 1.99. The van der Waals surface area contributed by atoms with Crippen molar-refractivity contribution in [1.82, 2.24) is 10.6 Å². The van der Waals surface area contributed by atoms with Crippen LogP contribution in [-0.2, 0) is 0 Å². The highest BCUT2D eigenvalue weighted by Crippen LogP contribution is 2.18. The monoisotopic (exact) mass is 325 g/mol. The Hall–Kier alpha value is -1.56. The summed E-state index contributed by atoms with van der Waals surface area (Å²) >= 11 is 1.88. The number of unbranched alkanes of at least 4 members (excludes halogenated alkanes) is 1. The molecular formula is C16H27N3O2S. The third-order valence-corrected chi connectivity index (χ3v) is 3.69. The van der Waals surface area contributed by atoms with Gasteiger partial charge in [0, 0.05) is 19.7 Å². The van der Waals surface area contributed by atoms with E-state index in [0.717, 1.165) is 30.4 Å². The first-order chi connectivity index (χ1) is 10.8. The van der Waals surface area contributed by atoms with Crippen molar-refractivity contribution in [3.05, 3.63) is 24.3 Å². The highest BCUT2D eigenvalue weighted by molar-refractivity contribution is 7.98. The maximum Gasteiger partial charge on any atom is 0.191 e. The Morgan fingerprint density at radius 3 is 2.68 bits per heavy atom. The molecule has 0 aliphatic rings. The number of ether oxygens (including phenoxy) is 2. The van der Waals surface area contributed by atoms with E-state index < -0.39 is 0 Å². The summed E-state index contributed by atoms with van der Waals surface area (Å²) in [6, 6.07) is 7.60. The van der Waals surface area contributed by atoms with E-state index in [1.54, 1.807) is 14.2 Å². The van der Waals surface area contributed by atoms with Gasteiger partial charge in [-0.15, -0.1) is 0 Å². The summed E-state index contributed by atoms with van der Waals surface area (Å²) in [7, 11) is 3.43. The minimum absolute atomic E-state index is 0.570.